The number of ether oxygens (including phenoxy) is 1. The molecule has 0 aliphatic carbocycles. The second-order valence-electron chi connectivity index (χ2n) is 9.56. The monoisotopic (exact) mass is 456 g/mol. The first-order valence-electron chi connectivity index (χ1n) is 13.1. The second-order valence-corrected chi connectivity index (χ2v) is 9.56. The standard InChI is InChI=1S/C26H48O6/c1-3-5-7-9-11-13-15-17-19-26(31,20-18-16-14-12-10-8-6-4-2)24(29)23-21(27)22(28)25(30)32-23/h23-24,27-29,31H,3-20H2,1-2H3/t23-,24+/m0/s1. The summed E-state index contributed by atoms with van der Waals surface area (Å²) in [5, 5.41) is 41.7. The van der Waals surface area contributed by atoms with E-state index in [1.54, 1.807) is 0 Å². The summed E-state index contributed by atoms with van der Waals surface area (Å²) in [6, 6.07) is 0. The zero-order valence-corrected chi connectivity index (χ0v) is 20.5. The lowest BCUT2D eigenvalue weighted by atomic mass is 9.82. The fourth-order valence-corrected chi connectivity index (χ4v) is 4.51. The van der Waals surface area contributed by atoms with Gasteiger partial charge >= 0.3 is 5.97 Å². The van der Waals surface area contributed by atoms with Gasteiger partial charge in [-0.1, -0.05) is 117 Å². The summed E-state index contributed by atoms with van der Waals surface area (Å²) in [5.74, 6) is -2.63. The molecule has 0 aromatic carbocycles. The van der Waals surface area contributed by atoms with Gasteiger partial charge in [-0.2, -0.15) is 0 Å². The lowest BCUT2D eigenvalue weighted by Gasteiger charge is -2.35. The Morgan fingerprint density at radius 1 is 0.750 bits per heavy atom. The Morgan fingerprint density at radius 2 is 1.12 bits per heavy atom. The van der Waals surface area contributed by atoms with Crippen LogP contribution >= 0.6 is 0 Å². The highest BCUT2D eigenvalue weighted by atomic mass is 16.6. The van der Waals surface area contributed by atoms with Crippen LogP contribution in [0.1, 0.15) is 129 Å². The maximum Gasteiger partial charge on any atom is 0.377 e. The number of carbonyl (C=O) groups is 1. The van der Waals surface area contributed by atoms with Gasteiger partial charge in [0.1, 0.15) is 6.10 Å². The summed E-state index contributed by atoms with van der Waals surface area (Å²) in [5.41, 5.74) is -1.46. The molecule has 0 bridgehead atoms. The van der Waals surface area contributed by atoms with E-state index in [0.717, 1.165) is 38.5 Å². The zero-order chi connectivity index (χ0) is 23.8. The molecule has 188 valence electrons. The molecule has 32 heavy (non-hydrogen) atoms. The van der Waals surface area contributed by atoms with Gasteiger partial charge in [0.2, 0.25) is 5.76 Å². The first-order valence-corrected chi connectivity index (χ1v) is 13.1. The first-order chi connectivity index (χ1) is 15.4. The molecule has 0 fully saturated rings. The Hall–Kier alpha value is -1.27. The molecule has 0 saturated carbocycles. The molecule has 1 heterocycles. The van der Waals surface area contributed by atoms with Crippen LogP contribution in [0, 0.1) is 0 Å². The Balaban J connectivity index is 2.52. The molecule has 0 amide bonds. The molecule has 0 unspecified atom stereocenters. The highest BCUT2D eigenvalue weighted by Crippen LogP contribution is 2.33. The summed E-state index contributed by atoms with van der Waals surface area (Å²) in [6.07, 6.45) is 15.9. The van der Waals surface area contributed by atoms with E-state index in [1.807, 2.05) is 0 Å². The molecule has 0 radical (unpaired) electrons. The minimum Gasteiger partial charge on any atom is -0.505 e. The molecule has 0 saturated heterocycles. The van der Waals surface area contributed by atoms with E-state index in [9.17, 15) is 25.2 Å². The van der Waals surface area contributed by atoms with Gasteiger partial charge in [0.05, 0.1) is 5.60 Å². The highest BCUT2D eigenvalue weighted by Gasteiger charge is 2.48. The minimum absolute atomic E-state index is 0.377. The number of hydrogen-bond acceptors (Lipinski definition) is 6. The number of unbranched alkanes of at least 4 members (excludes halogenated alkanes) is 14. The Labute approximate surface area is 195 Å². The molecule has 0 aromatic rings. The number of hydrogen-bond donors (Lipinski definition) is 4. The van der Waals surface area contributed by atoms with Gasteiger partial charge in [0.15, 0.2) is 11.9 Å². The van der Waals surface area contributed by atoms with Gasteiger partial charge in [0.25, 0.3) is 0 Å². The van der Waals surface area contributed by atoms with E-state index in [0.29, 0.717) is 12.8 Å². The number of rotatable bonds is 20. The Bertz CT molecular complexity index is 524. The van der Waals surface area contributed by atoms with Crippen LogP contribution in [-0.2, 0) is 9.53 Å². The van der Waals surface area contributed by atoms with Crippen LogP contribution in [-0.4, -0.2) is 44.2 Å². The van der Waals surface area contributed by atoms with E-state index < -0.39 is 35.3 Å². The molecule has 1 aliphatic rings. The van der Waals surface area contributed by atoms with Crippen LogP contribution in [0.5, 0.6) is 0 Å². The number of carbonyl (C=O) groups excluding carboxylic acids is 1. The van der Waals surface area contributed by atoms with Gasteiger partial charge < -0.3 is 25.2 Å². The Kier molecular flexibility index (Phi) is 14.7. The largest absolute Gasteiger partial charge is 0.505 e. The average molecular weight is 457 g/mol. The van der Waals surface area contributed by atoms with Gasteiger partial charge in [0, 0.05) is 0 Å². The highest BCUT2D eigenvalue weighted by molar-refractivity contribution is 5.89. The molecule has 0 spiro atoms. The van der Waals surface area contributed by atoms with E-state index in [1.165, 1.54) is 64.2 Å². The lowest BCUT2D eigenvalue weighted by Crippen LogP contribution is -2.50. The third-order valence-corrected chi connectivity index (χ3v) is 6.70. The summed E-state index contributed by atoms with van der Waals surface area (Å²) in [7, 11) is 0. The third kappa shape index (κ3) is 10.1. The first kappa shape index (κ1) is 28.8. The number of aliphatic hydroxyl groups is 4. The van der Waals surface area contributed by atoms with Crippen LogP contribution in [0.2, 0.25) is 0 Å². The molecule has 0 aromatic heterocycles. The lowest BCUT2D eigenvalue weighted by molar-refractivity contribution is -0.163. The van der Waals surface area contributed by atoms with Crippen LogP contribution < -0.4 is 0 Å². The average Bonchev–Trinajstić information content (AvgIpc) is 3.04. The maximum absolute atomic E-state index is 11.6. The molecule has 2 atom stereocenters. The fourth-order valence-electron chi connectivity index (χ4n) is 4.51. The van der Waals surface area contributed by atoms with E-state index in [-0.39, 0.29) is 0 Å². The smallest absolute Gasteiger partial charge is 0.377 e. The van der Waals surface area contributed by atoms with Gasteiger partial charge in [-0.3, -0.25) is 0 Å². The molecule has 6 heteroatoms. The van der Waals surface area contributed by atoms with E-state index >= 15 is 0 Å². The van der Waals surface area contributed by atoms with Crippen molar-refractivity contribution in [1.29, 1.82) is 0 Å². The summed E-state index contributed by atoms with van der Waals surface area (Å²) < 4.78 is 4.94. The molecular formula is C26H48O6. The van der Waals surface area contributed by atoms with Gasteiger partial charge in [-0.05, 0) is 12.8 Å². The Morgan fingerprint density at radius 3 is 1.47 bits per heavy atom. The van der Waals surface area contributed by atoms with Crippen molar-refractivity contribution >= 4 is 5.97 Å². The predicted molar refractivity (Wildman–Crippen MR) is 128 cm³/mol. The number of aliphatic hydroxyl groups excluding tert-OH is 3. The number of cyclic esters (lactones) is 1. The molecule has 1 rings (SSSR count). The van der Waals surface area contributed by atoms with Crippen molar-refractivity contribution in [2.45, 2.75) is 147 Å². The quantitative estimate of drug-likeness (QED) is 0.125. The maximum atomic E-state index is 11.6. The van der Waals surface area contributed by atoms with Crippen molar-refractivity contribution in [2.24, 2.45) is 0 Å². The second kappa shape index (κ2) is 16.4. The normalized spacial score (nSPS) is 17.8. The zero-order valence-electron chi connectivity index (χ0n) is 20.5. The number of esters is 1. The molecule has 4 N–H and O–H groups in total. The van der Waals surface area contributed by atoms with Crippen LogP contribution in [0.4, 0.5) is 0 Å². The van der Waals surface area contributed by atoms with Crippen molar-refractivity contribution in [1.82, 2.24) is 0 Å². The van der Waals surface area contributed by atoms with Crippen molar-refractivity contribution < 1.29 is 30.0 Å². The predicted octanol–water partition coefficient (Wildman–Crippen LogP) is 6.39. The molecule has 6 nitrogen and oxygen atoms in total. The SMILES string of the molecule is CCCCCCCCCCC(O)(CCCCCCCCCC)[C@H](O)[C@H]1OC(=O)C(O)=C1O. The summed E-state index contributed by atoms with van der Waals surface area (Å²) in [6.45, 7) is 4.40. The van der Waals surface area contributed by atoms with E-state index in [2.05, 4.69) is 13.8 Å². The van der Waals surface area contributed by atoms with Crippen LogP contribution in [0.15, 0.2) is 11.5 Å². The van der Waals surface area contributed by atoms with Crippen molar-refractivity contribution in [3.05, 3.63) is 11.5 Å². The van der Waals surface area contributed by atoms with Gasteiger partial charge in [-0.25, -0.2) is 4.79 Å². The summed E-state index contributed by atoms with van der Waals surface area (Å²) >= 11 is 0. The van der Waals surface area contributed by atoms with Crippen molar-refractivity contribution in [2.75, 3.05) is 0 Å². The van der Waals surface area contributed by atoms with E-state index in [4.69, 9.17) is 4.74 Å². The minimum atomic E-state index is -1.47. The van der Waals surface area contributed by atoms with Crippen LogP contribution in [0.3, 0.4) is 0 Å². The summed E-state index contributed by atoms with van der Waals surface area (Å²) in [4.78, 5) is 11.6. The van der Waals surface area contributed by atoms with Crippen LogP contribution in [0.25, 0.3) is 0 Å². The topological polar surface area (TPSA) is 107 Å². The van der Waals surface area contributed by atoms with Crippen molar-refractivity contribution in [3.8, 4) is 0 Å². The molecule has 1 aliphatic heterocycles. The van der Waals surface area contributed by atoms with Crippen molar-refractivity contribution in [3.63, 3.8) is 0 Å². The van der Waals surface area contributed by atoms with Gasteiger partial charge in [-0.15, -0.1) is 0 Å². The molecular weight excluding hydrogens is 408 g/mol. The third-order valence-electron chi connectivity index (χ3n) is 6.70. The fraction of sp³-hybridized carbons (Fsp3) is 0.885.